The highest BCUT2D eigenvalue weighted by molar-refractivity contribution is 7.96. The number of sulfonamides is 1. The second kappa shape index (κ2) is 7.07. The molecule has 14 heteroatoms. The van der Waals surface area contributed by atoms with Crippen molar-refractivity contribution < 1.29 is 43.5 Å². The maximum absolute atomic E-state index is 14.1. The Morgan fingerprint density at radius 2 is 1.32 bits per heavy atom. The van der Waals surface area contributed by atoms with Crippen molar-refractivity contribution in [3.63, 3.8) is 0 Å². The minimum Gasteiger partial charge on any atom is -0.369 e. The van der Waals surface area contributed by atoms with Gasteiger partial charge in [0.15, 0.2) is 0 Å². The maximum Gasteiger partial charge on any atom is 0.428 e. The summed E-state index contributed by atoms with van der Waals surface area (Å²) < 4.78 is 126. The average molecular weight is 454 g/mol. The van der Waals surface area contributed by atoms with Crippen LogP contribution < -0.4 is 4.90 Å². The molecular formula is C14H16F6N2O4S2. The van der Waals surface area contributed by atoms with Gasteiger partial charge in [-0.15, -0.1) is 0 Å². The van der Waals surface area contributed by atoms with Crippen LogP contribution in [0.5, 0.6) is 0 Å². The predicted octanol–water partition coefficient (Wildman–Crippen LogP) is 2.15. The summed E-state index contributed by atoms with van der Waals surface area (Å²) in [5, 5.41) is -12.6. The zero-order valence-corrected chi connectivity index (χ0v) is 15.7. The fourth-order valence-electron chi connectivity index (χ4n) is 2.52. The number of rotatable bonds is 6. The molecule has 1 aromatic rings. The van der Waals surface area contributed by atoms with E-state index >= 15 is 0 Å². The third-order valence-corrected chi connectivity index (χ3v) is 7.16. The fraction of sp³-hybridized carbons (Fsp3) is 0.500. The molecule has 1 heterocycles. The summed E-state index contributed by atoms with van der Waals surface area (Å²) >= 11 is 0. The molecule has 1 unspecified atom stereocenters. The van der Waals surface area contributed by atoms with Crippen LogP contribution in [-0.2, 0) is 19.8 Å². The molecule has 6 nitrogen and oxygen atoms in total. The van der Waals surface area contributed by atoms with Crippen LogP contribution in [0.3, 0.4) is 0 Å². The summed E-state index contributed by atoms with van der Waals surface area (Å²) in [4.78, 5) is 1.59. The molecule has 2 rings (SSSR count). The zero-order chi connectivity index (χ0) is 21.6. The molecule has 0 spiro atoms. The fourth-order valence-corrected chi connectivity index (χ4v) is 4.53. The number of para-hydroxylation sites is 1. The molecule has 0 amide bonds. The normalized spacial score (nSPS) is 20.0. The van der Waals surface area contributed by atoms with Crippen LogP contribution in [0.15, 0.2) is 30.3 Å². The van der Waals surface area contributed by atoms with Crippen molar-refractivity contribution in [2.45, 2.75) is 16.4 Å². The van der Waals surface area contributed by atoms with Gasteiger partial charge in [0.05, 0.1) is 0 Å². The Kier molecular flexibility index (Phi) is 5.75. The van der Waals surface area contributed by atoms with Gasteiger partial charge in [0, 0.05) is 31.9 Å². The highest BCUT2D eigenvalue weighted by atomic mass is 32.2. The number of benzene rings is 1. The summed E-state index contributed by atoms with van der Waals surface area (Å²) in [7, 11) is -12.3. The lowest BCUT2D eigenvalue weighted by atomic mass is 10.2. The standard InChI is InChI=1S/C14H16F6N2O4S2/c1-27(23,24)13(17,18)12(15,16)14(19,20)28(25,26)22-9-7-21(8-10-22)11-5-3-2-4-6-11/h2-6H,1,7-10H2,(H,23,24). The van der Waals surface area contributed by atoms with E-state index in [1.165, 1.54) is 0 Å². The van der Waals surface area contributed by atoms with Crippen molar-refractivity contribution in [1.82, 2.24) is 4.31 Å². The van der Waals surface area contributed by atoms with Gasteiger partial charge in [-0.3, -0.25) is 0 Å². The van der Waals surface area contributed by atoms with Gasteiger partial charge >= 0.3 is 16.4 Å². The SMILES string of the molecule is C=S(=O)(O)C(F)(F)C(F)(F)C(F)(F)S(=O)(=O)N1CCN(c2ccccc2)CC1. The molecule has 1 aromatic carbocycles. The Hall–Kier alpha value is -1.51. The predicted molar refractivity (Wildman–Crippen MR) is 91.9 cm³/mol. The van der Waals surface area contributed by atoms with Crippen molar-refractivity contribution >= 4 is 31.4 Å². The molecule has 0 radical (unpaired) electrons. The van der Waals surface area contributed by atoms with Gasteiger partial charge in [0.1, 0.15) is 9.80 Å². The van der Waals surface area contributed by atoms with Crippen LogP contribution in [-0.4, -0.2) is 70.0 Å². The van der Waals surface area contributed by atoms with E-state index in [1.54, 1.807) is 35.2 Å². The minimum atomic E-state index is -6.68. The van der Waals surface area contributed by atoms with Crippen LogP contribution in [0.2, 0.25) is 0 Å². The molecule has 0 saturated carbocycles. The summed E-state index contributed by atoms with van der Waals surface area (Å²) in [5.74, 6) is -4.81. The molecule has 160 valence electrons. The van der Waals surface area contributed by atoms with Gasteiger partial charge in [-0.1, -0.05) is 18.2 Å². The summed E-state index contributed by atoms with van der Waals surface area (Å²) in [6.07, 6.45) is 0. The molecule has 28 heavy (non-hydrogen) atoms. The third-order valence-electron chi connectivity index (χ3n) is 4.16. The van der Waals surface area contributed by atoms with Gasteiger partial charge < -0.3 is 9.45 Å². The van der Waals surface area contributed by atoms with E-state index in [9.17, 15) is 39.0 Å². The van der Waals surface area contributed by atoms with Crippen molar-refractivity contribution in [3.05, 3.63) is 30.3 Å². The molecule has 0 bridgehead atoms. The lowest BCUT2D eigenvalue weighted by Gasteiger charge is -2.39. The van der Waals surface area contributed by atoms with E-state index in [1.807, 2.05) is 5.87 Å². The van der Waals surface area contributed by atoms with Gasteiger partial charge in [-0.2, -0.15) is 30.6 Å². The largest absolute Gasteiger partial charge is 0.428 e. The smallest absolute Gasteiger partial charge is 0.369 e. The molecule has 1 saturated heterocycles. The first kappa shape index (κ1) is 22.8. The monoisotopic (exact) mass is 454 g/mol. The van der Waals surface area contributed by atoms with E-state index in [-0.39, 0.29) is 17.4 Å². The van der Waals surface area contributed by atoms with Crippen LogP contribution in [0.4, 0.5) is 32.0 Å². The van der Waals surface area contributed by atoms with E-state index < -0.39 is 49.3 Å². The summed E-state index contributed by atoms with van der Waals surface area (Å²) in [6.45, 7) is -1.67. The molecule has 1 atom stereocenters. The Bertz CT molecular complexity index is 914. The zero-order valence-electron chi connectivity index (χ0n) is 14.1. The Labute approximate surface area is 157 Å². The number of hydrogen-bond donors (Lipinski definition) is 1. The molecule has 1 N–H and O–H groups in total. The second-order valence-electron chi connectivity index (χ2n) is 5.98. The maximum atomic E-state index is 14.1. The minimum absolute atomic E-state index is 0.0429. The van der Waals surface area contributed by atoms with Crippen molar-refractivity contribution in [1.29, 1.82) is 0 Å². The Morgan fingerprint density at radius 1 is 0.857 bits per heavy atom. The number of nitrogens with zero attached hydrogens (tertiary/aromatic N) is 2. The number of hydrogen-bond acceptors (Lipinski definition) is 4. The van der Waals surface area contributed by atoms with Gasteiger partial charge in [0.25, 0.3) is 10.0 Å². The lowest BCUT2D eigenvalue weighted by Crippen LogP contribution is -2.64. The van der Waals surface area contributed by atoms with Crippen molar-refractivity contribution in [2.24, 2.45) is 0 Å². The summed E-state index contributed by atoms with van der Waals surface area (Å²) in [6, 6.07) is 8.34. The molecule has 1 fully saturated rings. The van der Waals surface area contributed by atoms with Crippen LogP contribution >= 0.6 is 0 Å². The van der Waals surface area contributed by atoms with Crippen LogP contribution in [0, 0.1) is 0 Å². The van der Waals surface area contributed by atoms with E-state index in [4.69, 9.17) is 4.55 Å². The van der Waals surface area contributed by atoms with Crippen molar-refractivity contribution in [3.8, 4) is 0 Å². The molecule has 0 aliphatic carbocycles. The third kappa shape index (κ3) is 3.46. The molecule has 0 aromatic heterocycles. The first-order valence-corrected chi connectivity index (χ1v) is 10.7. The Morgan fingerprint density at radius 3 is 1.75 bits per heavy atom. The van der Waals surface area contributed by atoms with Crippen LogP contribution in [0.25, 0.3) is 0 Å². The van der Waals surface area contributed by atoms with E-state index in [2.05, 4.69) is 0 Å². The van der Waals surface area contributed by atoms with Crippen molar-refractivity contribution in [2.75, 3.05) is 31.1 Å². The lowest BCUT2D eigenvalue weighted by molar-refractivity contribution is -0.245. The van der Waals surface area contributed by atoms with Gasteiger partial charge in [-0.25, -0.2) is 12.6 Å². The first-order valence-electron chi connectivity index (χ1n) is 7.60. The molecule has 1 aliphatic rings. The highest BCUT2D eigenvalue weighted by Gasteiger charge is 2.80. The van der Waals surface area contributed by atoms with Gasteiger partial charge in [0.2, 0.25) is 0 Å². The first-order chi connectivity index (χ1) is 12.6. The highest BCUT2D eigenvalue weighted by Crippen LogP contribution is 2.51. The molecule has 1 aliphatic heterocycles. The second-order valence-corrected chi connectivity index (χ2v) is 9.75. The summed E-state index contributed by atoms with van der Waals surface area (Å²) in [5.41, 5.74) is 0.625. The molecular weight excluding hydrogens is 438 g/mol. The number of halogens is 6. The van der Waals surface area contributed by atoms with E-state index in [0.29, 0.717) is 5.69 Å². The quantitative estimate of drug-likeness (QED) is 0.527. The van der Waals surface area contributed by atoms with E-state index in [0.717, 1.165) is 0 Å². The number of piperazine rings is 1. The van der Waals surface area contributed by atoms with Gasteiger partial charge in [-0.05, 0) is 18.0 Å². The number of anilines is 1. The number of alkyl halides is 6. The average Bonchev–Trinajstić information content (AvgIpc) is 2.61. The Balaban J connectivity index is 2.29. The van der Waals surface area contributed by atoms with Crippen LogP contribution in [0.1, 0.15) is 0 Å². The topological polar surface area (TPSA) is 77.9 Å².